The van der Waals surface area contributed by atoms with Gasteiger partial charge in [-0.15, -0.1) is 0 Å². The molecule has 1 N–H and O–H groups in total. The smallest absolute Gasteiger partial charge is 0.233 e. The van der Waals surface area contributed by atoms with Crippen LogP contribution in [0.2, 0.25) is 0 Å². The summed E-state index contributed by atoms with van der Waals surface area (Å²) < 4.78 is 4.04. The summed E-state index contributed by atoms with van der Waals surface area (Å²) in [5.41, 5.74) is 4.53. The number of fused-ring (bicyclic) bond motifs is 1. The van der Waals surface area contributed by atoms with Crippen LogP contribution in [0.4, 0.5) is 0 Å². The lowest BCUT2D eigenvalue weighted by atomic mass is 10.1. The van der Waals surface area contributed by atoms with Crippen LogP contribution in [0.1, 0.15) is 29.9 Å². The normalized spacial score (nSPS) is 12.3. The third-order valence-electron chi connectivity index (χ3n) is 5.70. The first-order valence-electron chi connectivity index (χ1n) is 10.4. The van der Waals surface area contributed by atoms with Gasteiger partial charge in [-0.1, -0.05) is 36.4 Å². The summed E-state index contributed by atoms with van der Waals surface area (Å²) in [4.78, 5) is 8.71. The average molecular weight is 409 g/mol. The lowest BCUT2D eigenvalue weighted by molar-refractivity contribution is 0.559. The molecular formula is C25H24N6. The van der Waals surface area contributed by atoms with E-state index < -0.39 is 0 Å². The molecule has 0 saturated heterocycles. The van der Waals surface area contributed by atoms with Crippen molar-refractivity contribution in [3.63, 3.8) is 0 Å². The molecule has 3 heterocycles. The summed E-state index contributed by atoms with van der Waals surface area (Å²) in [6.45, 7) is 5.00. The molecule has 0 unspecified atom stereocenters. The van der Waals surface area contributed by atoms with Gasteiger partial charge in [-0.3, -0.25) is 4.57 Å². The fraction of sp³-hybridized carbons (Fsp3) is 0.160. The zero-order valence-corrected chi connectivity index (χ0v) is 17.6. The molecule has 0 aliphatic heterocycles. The van der Waals surface area contributed by atoms with Crippen LogP contribution in [0.3, 0.4) is 0 Å². The maximum Gasteiger partial charge on any atom is 0.233 e. The summed E-state index contributed by atoms with van der Waals surface area (Å²) in [7, 11) is 0. The molecule has 6 nitrogen and oxygen atoms in total. The Labute approximate surface area is 181 Å². The van der Waals surface area contributed by atoms with Gasteiger partial charge in [-0.25, -0.2) is 14.6 Å². The van der Waals surface area contributed by atoms with Crippen LogP contribution in [0.5, 0.6) is 0 Å². The van der Waals surface area contributed by atoms with E-state index in [0.717, 1.165) is 17.1 Å². The third-order valence-corrected chi connectivity index (χ3v) is 5.70. The van der Waals surface area contributed by atoms with Crippen LogP contribution < -0.4 is 5.32 Å². The molecule has 0 spiro atoms. The zero-order valence-electron chi connectivity index (χ0n) is 17.6. The van der Waals surface area contributed by atoms with Crippen LogP contribution in [-0.2, 0) is 6.54 Å². The van der Waals surface area contributed by atoms with Gasteiger partial charge in [-0.2, -0.15) is 5.10 Å². The molecule has 0 saturated carbocycles. The van der Waals surface area contributed by atoms with Crippen molar-refractivity contribution >= 4 is 10.8 Å². The first kappa shape index (κ1) is 19.2. The fourth-order valence-electron chi connectivity index (χ4n) is 4.02. The quantitative estimate of drug-likeness (QED) is 0.440. The van der Waals surface area contributed by atoms with Gasteiger partial charge in [-0.05, 0) is 43.5 Å². The molecule has 0 radical (unpaired) electrons. The number of benzene rings is 2. The molecule has 5 aromatic rings. The Hall–Kier alpha value is -3.77. The molecule has 3 aromatic heterocycles. The lowest BCUT2D eigenvalue weighted by Gasteiger charge is -2.15. The summed E-state index contributed by atoms with van der Waals surface area (Å²) >= 11 is 0. The van der Waals surface area contributed by atoms with Crippen molar-refractivity contribution in [1.82, 2.24) is 29.6 Å². The maximum absolute atomic E-state index is 4.72. The van der Waals surface area contributed by atoms with Crippen molar-refractivity contribution in [2.24, 2.45) is 0 Å². The number of hydrogen-bond acceptors (Lipinski definition) is 4. The Bertz CT molecular complexity index is 1310. The van der Waals surface area contributed by atoms with Gasteiger partial charge in [0.05, 0.1) is 11.9 Å². The standard InChI is InChI=1S/C25H24N6/c1-18(28-16-21-10-6-15-30(21)25-26-13-7-14-27-25)23-17-29-31(19(23)2)24-12-5-9-20-8-3-4-11-22(20)24/h3-15,17-18,28H,16H2,1-2H3/t18-/m1/s1. The highest BCUT2D eigenvalue weighted by Gasteiger charge is 2.16. The molecule has 0 aliphatic carbocycles. The van der Waals surface area contributed by atoms with E-state index in [1.54, 1.807) is 12.4 Å². The Morgan fingerprint density at radius 1 is 0.935 bits per heavy atom. The van der Waals surface area contributed by atoms with Crippen LogP contribution in [-0.4, -0.2) is 24.3 Å². The van der Waals surface area contributed by atoms with E-state index in [0.29, 0.717) is 12.5 Å². The zero-order chi connectivity index (χ0) is 21.2. The number of hydrogen-bond donors (Lipinski definition) is 1. The van der Waals surface area contributed by atoms with Crippen molar-refractivity contribution in [3.05, 3.63) is 102 Å². The first-order valence-corrected chi connectivity index (χ1v) is 10.4. The molecule has 0 aliphatic rings. The second kappa shape index (κ2) is 8.16. The number of rotatable bonds is 6. The van der Waals surface area contributed by atoms with Crippen molar-refractivity contribution in [2.75, 3.05) is 0 Å². The molecule has 0 amide bonds. The third kappa shape index (κ3) is 3.62. The Balaban J connectivity index is 1.38. The summed E-state index contributed by atoms with van der Waals surface area (Å²) in [6.07, 6.45) is 7.47. The van der Waals surface area contributed by atoms with E-state index in [2.05, 4.69) is 77.7 Å². The van der Waals surface area contributed by atoms with Crippen LogP contribution >= 0.6 is 0 Å². The van der Waals surface area contributed by atoms with E-state index in [4.69, 9.17) is 5.10 Å². The lowest BCUT2D eigenvalue weighted by Crippen LogP contribution is -2.20. The van der Waals surface area contributed by atoms with Crippen molar-refractivity contribution in [1.29, 1.82) is 0 Å². The van der Waals surface area contributed by atoms with Crippen LogP contribution in [0, 0.1) is 6.92 Å². The minimum atomic E-state index is 0.142. The largest absolute Gasteiger partial charge is 0.305 e. The Morgan fingerprint density at radius 3 is 2.61 bits per heavy atom. The van der Waals surface area contributed by atoms with Gasteiger partial charge in [0.2, 0.25) is 5.95 Å². The summed E-state index contributed by atoms with van der Waals surface area (Å²) in [6, 6.07) is 20.8. The minimum Gasteiger partial charge on any atom is -0.305 e. The van der Waals surface area contributed by atoms with Gasteiger partial charge < -0.3 is 5.32 Å². The molecule has 1 atom stereocenters. The predicted molar refractivity (Wildman–Crippen MR) is 122 cm³/mol. The van der Waals surface area contributed by atoms with E-state index in [1.807, 2.05) is 33.8 Å². The maximum atomic E-state index is 4.72. The van der Waals surface area contributed by atoms with E-state index in [-0.39, 0.29) is 6.04 Å². The highest BCUT2D eigenvalue weighted by molar-refractivity contribution is 5.90. The predicted octanol–water partition coefficient (Wildman–Crippen LogP) is 4.77. The second-order valence-electron chi connectivity index (χ2n) is 7.62. The van der Waals surface area contributed by atoms with Crippen molar-refractivity contribution in [2.45, 2.75) is 26.4 Å². The van der Waals surface area contributed by atoms with Gasteiger partial charge in [0, 0.05) is 53.5 Å². The Morgan fingerprint density at radius 2 is 1.74 bits per heavy atom. The molecule has 0 fully saturated rings. The monoisotopic (exact) mass is 408 g/mol. The minimum absolute atomic E-state index is 0.142. The highest BCUT2D eigenvalue weighted by Crippen LogP contribution is 2.26. The highest BCUT2D eigenvalue weighted by atomic mass is 15.3. The van der Waals surface area contributed by atoms with Crippen molar-refractivity contribution < 1.29 is 0 Å². The summed E-state index contributed by atoms with van der Waals surface area (Å²) in [5.74, 6) is 0.678. The molecule has 154 valence electrons. The van der Waals surface area contributed by atoms with E-state index in [9.17, 15) is 0 Å². The SMILES string of the molecule is Cc1c([C@@H](C)NCc2cccn2-c2ncccn2)cnn1-c1cccc2ccccc12. The molecule has 0 bridgehead atoms. The van der Waals surface area contributed by atoms with E-state index >= 15 is 0 Å². The van der Waals surface area contributed by atoms with Gasteiger partial charge in [0.1, 0.15) is 0 Å². The number of nitrogens with zero attached hydrogens (tertiary/aromatic N) is 5. The molecule has 6 heteroatoms. The fourth-order valence-corrected chi connectivity index (χ4v) is 4.02. The molecule has 31 heavy (non-hydrogen) atoms. The van der Waals surface area contributed by atoms with Gasteiger partial charge in [0.15, 0.2) is 0 Å². The number of nitrogens with one attached hydrogen (secondary N) is 1. The summed E-state index contributed by atoms with van der Waals surface area (Å²) in [5, 5.41) is 10.8. The van der Waals surface area contributed by atoms with Crippen molar-refractivity contribution in [3.8, 4) is 11.6 Å². The first-order chi connectivity index (χ1) is 15.2. The molecule has 2 aromatic carbocycles. The average Bonchev–Trinajstić information content (AvgIpc) is 3.44. The molecular weight excluding hydrogens is 384 g/mol. The van der Waals surface area contributed by atoms with Gasteiger partial charge in [0.25, 0.3) is 0 Å². The molecule has 5 rings (SSSR count). The number of aromatic nitrogens is 5. The second-order valence-corrected chi connectivity index (χ2v) is 7.62. The topological polar surface area (TPSA) is 60.6 Å². The van der Waals surface area contributed by atoms with Crippen LogP contribution in [0.25, 0.3) is 22.4 Å². The van der Waals surface area contributed by atoms with Gasteiger partial charge >= 0.3 is 0 Å². The van der Waals surface area contributed by atoms with E-state index in [1.165, 1.54) is 16.3 Å². The van der Waals surface area contributed by atoms with Crippen LogP contribution in [0.15, 0.2) is 85.5 Å². The Kier molecular flexibility index (Phi) is 5.06.